The van der Waals surface area contributed by atoms with Gasteiger partial charge in [0.2, 0.25) is 0 Å². The van der Waals surface area contributed by atoms with Crippen molar-refractivity contribution in [1.82, 2.24) is 4.90 Å². The second kappa shape index (κ2) is 6.22. The van der Waals surface area contributed by atoms with Crippen molar-refractivity contribution < 1.29 is 18.7 Å². The summed E-state index contributed by atoms with van der Waals surface area (Å²) in [6, 6.07) is 5.56. The van der Waals surface area contributed by atoms with Gasteiger partial charge in [0.1, 0.15) is 5.82 Å². The molecular weight excluding hydrogens is 275 g/mol. The third-order valence-corrected chi connectivity index (χ3v) is 3.98. The van der Waals surface area contributed by atoms with Gasteiger partial charge in [0, 0.05) is 19.6 Å². The van der Waals surface area contributed by atoms with Crippen molar-refractivity contribution >= 4 is 11.8 Å². The van der Waals surface area contributed by atoms with Crippen LogP contribution in [0.25, 0.3) is 0 Å². The number of methoxy groups -OCH3 is 1. The van der Waals surface area contributed by atoms with Crippen LogP contribution >= 0.6 is 0 Å². The fourth-order valence-electron chi connectivity index (χ4n) is 2.83. The number of benzene rings is 1. The summed E-state index contributed by atoms with van der Waals surface area (Å²) in [5.41, 5.74) is 5.89. The first-order valence-corrected chi connectivity index (χ1v) is 6.82. The molecule has 0 spiro atoms. The van der Waals surface area contributed by atoms with E-state index in [0.29, 0.717) is 13.0 Å². The molecule has 2 N–H and O–H groups in total. The lowest BCUT2D eigenvalue weighted by molar-refractivity contribution is -0.150. The molecule has 0 bridgehead atoms. The fourth-order valence-corrected chi connectivity index (χ4v) is 2.83. The zero-order valence-corrected chi connectivity index (χ0v) is 12.1. The van der Waals surface area contributed by atoms with E-state index in [0.717, 1.165) is 5.56 Å². The van der Waals surface area contributed by atoms with Crippen LogP contribution in [0.15, 0.2) is 24.3 Å². The number of nitrogens with zero attached hydrogens (tertiary/aromatic N) is 1. The van der Waals surface area contributed by atoms with Crippen molar-refractivity contribution in [1.29, 1.82) is 0 Å². The molecule has 1 fully saturated rings. The molecule has 1 aliphatic rings. The first-order chi connectivity index (χ1) is 9.93. The number of carbonyl (C=O) groups is 2. The minimum atomic E-state index is -0.981. The lowest BCUT2D eigenvalue weighted by Gasteiger charge is -2.42. The number of piperidine rings is 1. The number of hydrogen-bond acceptors (Lipinski definition) is 3. The Morgan fingerprint density at radius 1 is 1.33 bits per heavy atom. The average molecular weight is 294 g/mol. The van der Waals surface area contributed by atoms with E-state index in [9.17, 15) is 14.0 Å². The Hall–Kier alpha value is -1.95. The number of hydrogen-bond donors (Lipinski definition) is 1. The second-order valence-corrected chi connectivity index (χ2v) is 5.38. The van der Waals surface area contributed by atoms with Crippen LogP contribution in [0.3, 0.4) is 0 Å². The maximum atomic E-state index is 13.1. The molecule has 0 aromatic heterocycles. The molecule has 1 heterocycles. The zero-order valence-electron chi connectivity index (χ0n) is 12.1. The monoisotopic (exact) mass is 294 g/mol. The lowest BCUT2D eigenvalue weighted by Crippen LogP contribution is -2.51. The molecule has 114 valence electrons. The molecule has 0 aliphatic carbocycles. The van der Waals surface area contributed by atoms with Crippen molar-refractivity contribution in [2.75, 3.05) is 13.7 Å². The summed E-state index contributed by atoms with van der Waals surface area (Å²) in [6.07, 6.45) is 0.513. The van der Waals surface area contributed by atoms with Crippen LogP contribution in [0.2, 0.25) is 0 Å². The standard InChI is InChI=1S/C15H19FN2O3/c1-9-8-18(15(20)14(17)19)12(7-13(9)21-2)10-3-5-11(16)6-4-10/h3-6,9,12-13H,7-8H2,1-2H3,(H2,17,19). The molecule has 2 amide bonds. The minimum Gasteiger partial charge on any atom is -0.381 e. The third kappa shape index (κ3) is 3.21. The molecule has 1 aliphatic heterocycles. The second-order valence-electron chi connectivity index (χ2n) is 5.38. The van der Waals surface area contributed by atoms with Gasteiger partial charge in [0.05, 0.1) is 12.1 Å². The topological polar surface area (TPSA) is 72.6 Å². The first-order valence-electron chi connectivity index (χ1n) is 6.82. The number of nitrogens with two attached hydrogens (primary N) is 1. The molecular formula is C15H19FN2O3. The van der Waals surface area contributed by atoms with Crippen molar-refractivity contribution in [3.63, 3.8) is 0 Å². The molecule has 21 heavy (non-hydrogen) atoms. The van der Waals surface area contributed by atoms with E-state index >= 15 is 0 Å². The van der Waals surface area contributed by atoms with Gasteiger partial charge in [-0.2, -0.15) is 0 Å². The van der Waals surface area contributed by atoms with Crippen LogP contribution in [0, 0.1) is 11.7 Å². The van der Waals surface area contributed by atoms with Crippen LogP contribution in [-0.2, 0) is 14.3 Å². The summed E-state index contributed by atoms with van der Waals surface area (Å²) < 4.78 is 18.5. The molecule has 1 aromatic rings. The predicted octanol–water partition coefficient (Wildman–Crippen LogP) is 1.24. The highest BCUT2D eigenvalue weighted by molar-refractivity contribution is 6.34. The molecule has 1 aromatic carbocycles. The molecule has 6 heteroatoms. The maximum Gasteiger partial charge on any atom is 0.312 e. The van der Waals surface area contributed by atoms with E-state index in [1.54, 1.807) is 19.2 Å². The largest absolute Gasteiger partial charge is 0.381 e. The lowest BCUT2D eigenvalue weighted by atomic mass is 9.87. The van der Waals surface area contributed by atoms with Crippen LogP contribution < -0.4 is 5.73 Å². The number of carbonyl (C=O) groups excluding carboxylic acids is 2. The molecule has 5 nitrogen and oxygen atoms in total. The van der Waals surface area contributed by atoms with Crippen LogP contribution in [0.1, 0.15) is 24.9 Å². The Balaban J connectivity index is 2.33. The van der Waals surface area contributed by atoms with Crippen LogP contribution in [0.5, 0.6) is 0 Å². The van der Waals surface area contributed by atoms with Gasteiger partial charge in [-0.15, -0.1) is 0 Å². The van der Waals surface area contributed by atoms with Crippen molar-refractivity contribution in [2.45, 2.75) is 25.5 Å². The Bertz CT molecular complexity index is 532. The van der Waals surface area contributed by atoms with Crippen molar-refractivity contribution in [2.24, 2.45) is 11.7 Å². The van der Waals surface area contributed by atoms with E-state index in [-0.39, 0.29) is 23.9 Å². The van der Waals surface area contributed by atoms with Crippen LogP contribution in [0.4, 0.5) is 4.39 Å². The van der Waals surface area contributed by atoms with Gasteiger partial charge in [0.15, 0.2) is 0 Å². The molecule has 1 saturated heterocycles. The van der Waals surface area contributed by atoms with Gasteiger partial charge in [-0.05, 0) is 24.1 Å². The molecule has 0 radical (unpaired) electrons. The summed E-state index contributed by atoms with van der Waals surface area (Å²) in [4.78, 5) is 24.7. The summed E-state index contributed by atoms with van der Waals surface area (Å²) >= 11 is 0. The zero-order chi connectivity index (χ0) is 15.6. The van der Waals surface area contributed by atoms with E-state index in [2.05, 4.69) is 0 Å². The average Bonchev–Trinajstić information content (AvgIpc) is 2.47. The van der Waals surface area contributed by atoms with Gasteiger partial charge >= 0.3 is 11.8 Å². The first kappa shape index (κ1) is 15.4. The summed E-state index contributed by atoms with van der Waals surface area (Å²) in [5, 5.41) is 0. The molecule has 0 saturated carbocycles. The predicted molar refractivity (Wildman–Crippen MR) is 74.6 cm³/mol. The summed E-state index contributed by atoms with van der Waals surface area (Å²) in [5.74, 6) is -1.95. The maximum absolute atomic E-state index is 13.1. The highest BCUT2D eigenvalue weighted by Gasteiger charge is 2.38. The van der Waals surface area contributed by atoms with E-state index < -0.39 is 11.8 Å². The minimum absolute atomic E-state index is 0.0306. The Labute approximate surface area is 122 Å². The van der Waals surface area contributed by atoms with E-state index in [4.69, 9.17) is 10.5 Å². The normalized spacial score (nSPS) is 25.7. The number of amides is 2. The smallest absolute Gasteiger partial charge is 0.312 e. The fraction of sp³-hybridized carbons (Fsp3) is 0.467. The van der Waals surface area contributed by atoms with E-state index in [1.807, 2.05) is 6.92 Å². The Morgan fingerprint density at radius 2 is 1.95 bits per heavy atom. The highest BCUT2D eigenvalue weighted by atomic mass is 19.1. The summed E-state index contributed by atoms with van der Waals surface area (Å²) in [7, 11) is 1.62. The Kier molecular flexibility index (Phi) is 4.57. The van der Waals surface area contributed by atoms with Crippen molar-refractivity contribution in [3.05, 3.63) is 35.6 Å². The van der Waals surface area contributed by atoms with Gasteiger partial charge in [-0.1, -0.05) is 19.1 Å². The SMILES string of the molecule is COC1CC(c2ccc(F)cc2)N(C(=O)C(N)=O)CC1C. The summed E-state index contributed by atoms with van der Waals surface area (Å²) in [6.45, 7) is 2.33. The van der Waals surface area contributed by atoms with Gasteiger partial charge < -0.3 is 15.4 Å². The van der Waals surface area contributed by atoms with Gasteiger partial charge in [0.25, 0.3) is 0 Å². The molecule has 3 atom stereocenters. The molecule has 3 unspecified atom stereocenters. The number of ether oxygens (including phenoxy) is 1. The number of halogens is 1. The Morgan fingerprint density at radius 3 is 2.48 bits per heavy atom. The number of primary amides is 1. The number of rotatable bonds is 2. The van der Waals surface area contributed by atoms with Crippen molar-refractivity contribution in [3.8, 4) is 0 Å². The number of likely N-dealkylation sites (tertiary alicyclic amines) is 1. The van der Waals surface area contributed by atoms with E-state index in [1.165, 1.54) is 17.0 Å². The highest BCUT2D eigenvalue weighted by Crippen LogP contribution is 2.34. The van der Waals surface area contributed by atoms with Gasteiger partial charge in [-0.25, -0.2) is 4.39 Å². The third-order valence-electron chi connectivity index (χ3n) is 3.98. The quantitative estimate of drug-likeness (QED) is 0.834. The molecule has 2 rings (SSSR count). The van der Waals surface area contributed by atoms with Gasteiger partial charge in [-0.3, -0.25) is 9.59 Å². The van der Waals surface area contributed by atoms with Crippen LogP contribution in [-0.4, -0.2) is 36.5 Å².